The van der Waals surface area contributed by atoms with Crippen LogP contribution in [-0.4, -0.2) is 40.2 Å². The van der Waals surface area contributed by atoms with Gasteiger partial charge in [0.2, 0.25) is 5.91 Å². The molecule has 1 N–H and O–H groups in total. The van der Waals surface area contributed by atoms with E-state index in [2.05, 4.69) is 10.4 Å². The Morgan fingerprint density at radius 2 is 2.09 bits per heavy atom. The van der Waals surface area contributed by atoms with Crippen LogP contribution >= 0.6 is 11.3 Å². The van der Waals surface area contributed by atoms with Crippen LogP contribution in [0.2, 0.25) is 0 Å². The predicted molar refractivity (Wildman–Crippen MR) is 129 cm³/mol. The van der Waals surface area contributed by atoms with Gasteiger partial charge in [-0.3, -0.25) is 14.3 Å². The Hall–Kier alpha value is -3.72. The van der Waals surface area contributed by atoms with Crippen LogP contribution in [0.4, 0.5) is 11.4 Å². The summed E-state index contributed by atoms with van der Waals surface area (Å²) in [4.78, 5) is 33.2. The Labute approximate surface area is 194 Å². The van der Waals surface area contributed by atoms with E-state index in [1.807, 2.05) is 37.6 Å². The number of carbonyl (C=O) groups excluding carboxylic acids is 2. The van der Waals surface area contributed by atoms with Crippen LogP contribution in [0.25, 0.3) is 21.6 Å². The highest BCUT2D eigenvalue weighted by atomic mass is 32.1. The van der Waals surface area contributed by atoms with E-state index in [9.17, 15) is 9.59 Å². The van der Waals surface area contributed by atoms with Crippen molar-refractivity contribution in [3.8, 4) is 16.3 Å². The van der Waals surface area contributed by atoms with Crippen molar-refractivity contribution in [2.45, 2.75) is 19.8 Å². The first-order valence-corrected chi connectivity index (χ1v) is 11.5. The van der Waals surface area contributed by atoms with E-state index in [1.54, 1.807) is 46.2 Å². The summed E-state index contributed by atoms with van der Waals surface area (Å²) in [6.45, 7) is 2.51. The van der Waals surface area contributed by atoms with Gasteiger partial charge < -0.3 is 15.0 Å². The van der Waals surface area contributed by atoms with Gasteiger partial charge in [-0.2, -0.15) is 5.10 Å². The second kappa shape index (κ2) is 8.32. The predicted octanol–water partition coefficient (Wildman–Crippen LogP) is 4.39. The Kier molecular flexibility index (Phi) is 5.33. The molecule has 8 nitrogen and oxygen atoms in total. The topological polar surface area (TPSA) is 89.3 Å². The van der Waals surface area contributed by atoms with Crippen LogP contribution in [0.3, 0.4) is 0 Å². The number of amides is 2. The second-order valence-electron chi connectivity index (χ2n) is 7.93. The molecule has 1 fully saturated rings. The molecule has 33 heavy (non-hydrogen) atoms. The average Bonchev–Trinajstić information content (AvgIpc) is 3.55. The van der Waals surface area contributed by atoms with E-state index >= 15 is 0 Å². The van der Waals surface area contributed by atoms with Gasteiger partial charge >= 0.3 is 0 Å². The molecular formula is C24H23N5O3S. The van der Waals surface area contributed by atoms with Gasteiger partial charge in [-0.05, 0) is 49.1 Å². The highest BCUT2D eigenvalue weighted by molar-refractivity contribution is 7.13. The first-order chi connectivity index (χ1) is 16.0. The summed E-state index contributed by atoms with van der Waals surface area (Å²) in [5.74, 6) is 0.386. The van der Waals surface area contributed by atoms with Gasteiger partial charge in [-0.15, -0.1) is 11.3 Å². The van der Waals surface area contributed by atoms with Crippen LogP contribution in [-0.2, 0) is 11.8 Å². The van der Waals surface area contributed by atoms with E-state index in [0.717, 1.165) is 28.1 Å². The van der Waals surface area contributed by atoms with Gasteiger partial charge in [0.15, 0.2) is 5.65 Å². The Bertz CT molecular complexity index is 1380. The van der Waals surface area contributed by atoms with E-state index in [0.29, 0.717) is 41.3 Å². The lowest BCUT2D eigenvalue weighted by Gasteiger charge is -2.20. The maximum Gasteiger partial charge on any atom is 0.256 e. The molecule has 5 rings (SSSR count). The standard InChI is InChI=1S/C24H23N5O3S/c1-14-22-16(13-17(20-6-5-11-33-20)26-23(22)28(2)27-14)24(31)25-15-8-9-19(32-3)18(12-15)29-10-4-7-21(29)30/h5-6,8-9,11-13H,4,7,10H2,1-3H3,(H,25,31). The number of aryl methyl sites for hydroxylation is 2. The number of ether oxygens (including phenoxy) is 1. The average molecular weight is 462 g/mol. The Morgan fingerprint density at radius 3 is 2.79 bits per heavy atom. The molecule has 1 aliphatic heterocycles. The number of fused-ring (bicyclic) bond motifs is 1. The van der Waals surface area contributed by atoms with Crippen molar-refractivity contribution in [1.82, 2.24) is 14.8 Å². The number of benzene rings is 1. The van der Waals surface area contributed by atoms with Crippen LogP contribution in [0.1, 0.15) is 28.9 Å². The summed E-state index contributed by atoms with van der Waals surface area (Å²) in [7, 11) is 3.40. The fourth-order valence-corrected chi connectivity index (χ4v) is 4.94. The fraction of sp³-hybridized carbons (Fsp3) is 0.250. The zero-order valence-corrected chi connectivity index (χ0v) is 19.4. The van der Waals surface area contributed by atoms with E-state index < -0.39 is 0 Å². The highest BCUT2D eigenvalue weighted by Crippen LogP contribution is 2.35. The number of nitrogens with zero attached hydrogens (tertiary/aromatic N) is 4. The van der Waals surface area contributed by atoms with E-state index in [4.69, 9.17) is 9.72 Å². The van der Waals surface area contributed by atoms with Crippen LogP contribution < -0.4 is 15.0 Å². The lowest BCUT2D eigenvalue weighted by atomic mass is 10.1. The SMILES string of the molecule is COc1ccc(NC(=O)c2cc(-c3cccs3)nc3c2c(C)nn3C)cc1N1CCCC1=O. The molecule has 9 heteroatoms. The largest absolute Gasteiger partial charge is 0.495 e. The van der Waals surface area contributed by atoms with Crippen molar-refractivity contribution in [3.63, 3.8) is 0 Å². The summed E-state index contributed by atoms with van der Waals surface area (Å²) < 4.78 is 7.16. The second-order valence-corrected chi connectivity index (χ2v) is 8.88. The number of hydrogen-bond donors (Lipinski definition) is 1. The maximum absolute atomic E-state index is 13.5. The summed E-state index contributed by atoms with van der Waals surface area (Å²) in [6, 6.07) is 11.1. The van der Waals surface area contributed by atoms with Crippen molar-refractivity contribution in [1.29, 1.82) is 0 Å². The van der Waals surface area contributed by atoms with Gasteiger partial charge in [0.05, 0.1) is 40.0 Å². The fourth-order valence-electron chi connectivity index (χ4n) is 4.25. The van der Waals surface area contributed by atoms with Crippen molar-refractivity contribution >= 4 is 45.6 Å². The molecule has 0 spiro atoms. The van der Waals surface area contributed by atoms with Crippen molar-refractivity contribution in [3.05, 3.63) is 53.0 Å². The minimum absolute atomic E-state index is 0.0548. The zero-order chi connectivity index (χ0) is 23.1. The van der Waals surface area contributed by atoms with Crippen molar-refractivity contribution in [2.24, 2.45) is 7.05 Å². The molecule has 0 atom stereocenters. The number of aromatic nitrogens is 3. The number of carbonyl (C=O) groups is 2. The summed E-state index contributed by atoms with van der Waals surface area (Å²) in [6.07, 6.45) is 1.32. The number of anilines is 2. The highest BCUT2D eigenvalue weighted by Gasteiger charge is 2.25. The first-order valence-electron chi connectivity index (χ1n) is 10.6. The molecular weight excluding hydrogens is 438 g/mol. The van der Waals surface area contributed by atoms with Crippen molar-refractivity contribution < 1.29 is 14.3 Å². The number of rotatable bonds is 5. The molecule has 2 amide bonds. The van der Waals surface area contributed by atoms with Gasteiger partial charge in [0, 0.05) is 25.7 Å². The van der Waals surface area contributed by atoms with Gasteiger partial charge in [0.25, 0.3) is 5.91 Å². The Balaban J connectivity index is 1.55. The Morgan fingerprint density at radius 1 is 1.24 bits per heavy atom. The molecule has 0 radical (unpaired) electrons. The monoisotopic (exact) mass is 461 g/mol. The molecule has 4 heterocycles. The minimum Gasteiger partial charge on any atom is -0.495 e. The normalized spacial score (nSPS) is 13.7. The number of thiophene rings is 1. The zero-order valence-electron chi connectivity index (χ0n) is 18.6. The van der Waals surface area contributed by atoms with Crippen molar-refractivity contribution in [2.75, 3.05) is 23.9 Å². The van der Waals surface area contributed by atoms with Crippen LogP contribution in [0, 0.1) is 6.92 Å². The number of methoxy groups -OCH3 is 1. The molecule has 1 aliphatic rings. The molecule has 3 aromatic heterocycles. The third kappa shape index (κ3) is 3.74. The lowest BCUT2D eigenvalue weighted by Crippen LogP contribution is -2.24. The molecule has 0 saturated carbocycles. The first kappa shape index (κ1) is 21.1. The van der Waals surface area contributed by atoms with Crippen LogP contribution in [0.5, 0.6) is 5.75 Å². The number of hydrogen-bond acceptors (Lipinski definition) is 6. The number of nitrogens with one attached hydrogen (secondary N) is 1. The molecule has 0 bridgehead atoms. The summed E-state index contributed by atoms with van der Waals surface area (Å²) >= 11 is 1.57. The molecule has 1 saturated heterocycles. The smallest absolute Gasteiger partial charge is 0.256 e. The maximum atomic E-state index is 13.5. The molecule has 0 unspecified atom stereocenters. The van der Waals surface area contributed by atoms with Gasteiger partial charge in [0.1, 0.15) is 5.75 Å². The summed E-state index contributed by atoms with van der Waals surface area (Å²) in [5.41, 5.74) is 3.86. The molecule has 0 aliphatic carbocycles. The van der Waals surface area contributed by atoms with Crippen LogP contribution in [0.15, 0.2) is 41.8 Å². The third-order valence-electron chi connectivity index (χ3n) is 5.79. The van der Waals surface area contributed by atoms with E-state index in [-0.39, 0.29) is 11.8 Å². The minimum atomic E-state index is -0.264. The van der Waals surface area contributed by atoms with E-state index in [1.165, 1.54) is 0 Å². The summed E-state index contributed by atoms with van der Waals surface area (Å²) in [5, 5.41) is 10.2. The quantitative estimate of drug-likeness (QED) is 0.476. The molecule has 1 aromatic carbocycles. The molecule has 4 aromatic rings. The lowest BCUT2D eigenvalue weighted by molar-refractivity contribution is -0.117. The third-order valence-corrected chi connectivity index (χ3v) is 6.68. The molecule has 168 valence electrons. The van der Waals surface area contributed by atoms with Gasteiger partial charge in [-0.25, -0.2) is 4.98 Å². The van der Waals surface area contributed by atoms with Gasteiger partial charge in [-0.1, -0.05) is 6.07 Å². The number of pyridine rings is 1.